The molecule has 2 aromatic heterocycles. The van der Waals surface area contributed by atoms with Gasteiger partial charge in [0.2, 0.25) is 5.89 Å². The van der Waals surface area contributed by atoms with Crippen molar-refractivity contribution in [3.63, 3.8) is 0 Å². The molecule has 0 unspecified atom stereocenters. The number of oxazole rings is 1. The SMILES string of the molecule is Cc1cccc(C)c1NC(=O)c1nnn(Cc2nc(-c3ccc(Cl)cc3)oc2C)c1C. The van der Waals surface area contributed by atoms with E-state index >= 15 is 0 Å². The summed E-state index contributed by atoms with van der Waals surface area (Å²) in [5.41, 5.74) is 5.27. The highest BCUT2D eigenvalue weighted by atomic mass is 35.5. The van der Waals surface area contributed by atoms with Crippen LogP contribution in [0.3, 0.4) is 0 Å². The number of para-hydroxylation sites is 1. The molecule has 2 aromatic carbocycles. The molecule has 8 heteroatoms. The average Bonchev–Trinajstić information content (AvgIpc) is 3.28. The topological polar surface area (TPSA) is 85.8 Å². The van der Waals surface area contributed by atoms with Crippen LogP contribution in [0.4, 0.5) is 5.69 Å². The van der Waals surface area contributed by atoms with Crippen molar-refractivity contribution in [2.24, 2.45) is 0 Å². The van der Waals surface area contributed by atoms with E-state index in [1.807, 2.05) is 58.0 Å². The zero-order chi connectivity index (χ0) is 22.1. The normalized spacial score (nSPS) is 11.0. The Morgan fingerprint density at radius 1 is 1.06 bits per heavy atom. The maximum absolute atomic E-state index is 12.8. The van der Waals surface area contributed by atoms with Gasteiger partial charge in [0.05, 0.1) is 12.2 Å². The van der Waals surface area contributed by atoms with E-state index in [0.717, 1.165) is 28.1 Å². The summed E-state index contributed by atoms with van der Waals surface area (Å²) in [6.45, 7) is 7.92. The van der Waals surface area contributed by atoms with Gasteiger partial charge in [0, 0.05) is 16.3 Å². The molecule has 4 rings (SSSR count). The highest BCUT2D eigenvalue weighted by molar-refractivity contribution is 6.30. The summed E-state index contributed by atoms with van der Waals surface area (Å²) in [7, 11) is 0. The predicted octanol–water partition coefficient (Wildman–Crippen LogP) is 5.12. The number of carbonyl (C=O) groups is 1. The standard InChI is InChI=1S/C23H22ClN5O2/c1-13-6-5-7-14(2)20(13)26-22(30)21-15(3)29(28-27-21)12-19-16(4)31-23(25-19)17-8-10-18(24)11-9-17/h5-11H,12H2,1-4H3,(H,26,30). The number of hydrogen-bond donors (Lipinski definition) is 1. The lowest BCUT2D eigenvalue weighted by atomic mass is 10.1. The van der Waals surface area contributed by atoms with E-state index in [4.69, 9.17) is 16.0 Å². The molecule has 0 saturated carbocycles. The summed E-state index contributed by atoms with van der Waals surface area (Å²) >= 11 is 5.95. The van der Waals surface area contributed by atoms with Gasteiger partial charge in [-0.1, -0.05) is 35.0 Å². The van der Waals surface area contributed by atoms with Crippen LogP contribution < -0.4 is 5.32 Å². The number of amides is 1. The van der Waals surface area contributed by atoms with Crippen LogP contribution >= 0.6 is 11.6 Å². The Kier molecular flexibility index (Phi) is 5.61. The molecule has 0 radical (unpaired) electrons. The number of nitrogens with zero attached hydrogens (tertiary/aromatic N) is 4. The lowest BCUT2D eigenvalue weighted by Crippen LogP contribution is -2.16. The fourth-order valence-corrected chi connectivity index (χ4v) is 3.46. The third-order valence-electron chi connectivity index (χ3n) is 5.20. The number of aryl methyl sites for hydroxylation is 3. The molecule has 0 saturated heterocycles. The van der Waals surface area contributed by atoms with E-state index in [0.29, 0.717) is 28.9 Å². The van der Waals surface area contributed by atoms with Crippen molar-refractivity contribution in [1.82, 2.24) is 20.0 Å². The molecule has 0 aliphatic rings. The predicted molar refractivity (Wildman–Crippen MR) is 119 cm³/mol. The molecule has 2 heterocycles. The molecular formula is C23H22ClN5O2. The molecule has 158 valence electrons. The van der Waals surface area contributed by atoms with Crippen molar-refractivity contribution in [2.75, 3.05) is 5.32 Å². The van der Waals surface area contributed by atoms with Gasteiger partial charge in [0.25, 0.3) is 5.91 Å². The molecule has 0 atom stereocenters. The number of rotatable bonds is 5. The lowest BCUT2D eigenvalue weighted by molar-refractivity contribution is 0.102. The zero-order valence-electron chi connectivity index (χ0n) is 17.7. The number of nitrogens with one attached hydrogen (secondary N) is 1. The second kappa shape index (κ2) is 8.35. The third-order valence-corrected chi connectivity index (χ3v) is 5.45. The lowest BCUT2D eigenvalue weighted by Gasteiger charge is -2.10. The van der Waals surface area contributed by atoms with E-state index in [1.165, 1.54) is 0 Å². The largest absolute Gasteiger partial charge is 0.441 e. The van der Waals surface area contributed by atoms with Crippen LogP contribution in [-0.2, 0) is 6.54 Å². The van der Waals surface area contributed by atoms with Crippen LogP contribution in [0.5, 0.6) is 0 Å². The summed E-state index contributed by atoms with van der Waals surface area (Å²) in [5, 5.41) is 11.9. The Labute approximate surface area is 185 Å². The first-order valence-corrected chi connectivity index (χ1v) is 10.2. The van der Waals surface area contributed by atoms with Crippen LogP contribution in [0.15, 0.2) is 46.9 Å². The molecule has 1 amide bonds. The summed E-state index contributed by atoms with van der Waals surface area (Å²) in [5.74, 6) is 0.899. The number of carbonyl (C=O) groups excluding carboxylic acids is 1. The monoisotopic (exact) mass is 435 g/mol. The van der Waals surface area contributed by atoms with Gasteiger partial charge in [-0.3, -0.25) is 4.79 Å². The fraction of sp³-hybridized carbons (Fsp3) is 0.217. The van der Waals surface area contributed by atoms with Gasteiger partial charge >= 0.3 is 0 Å². The Morgan fingerprint density at radius 3 is 2.42 bits per heavy atom. The smallest absolute Gasteiger partial charge is 0.278 e. The first-order valence-electron chi connectivity index (χ1n) is 9.83. The Morgan fingerprint density at radius 2 is 1.74 bits per heavy atom. The minimum atomic E-state index is -0.292. The second-order valence-corrected chi connectivity index (χ2v) is 7.87. The van der Waals surface area contributed by atoms with Crippen molar-refractivity contribution >= 4 is 23.2 Å². The van der Waals surface area contributed by atoms with Crippen LogP contribution in [0.25, 0.3) is 11.5 Å². The van der Waals surface area contributed by atoms with E-state index in [-0.39, 0.29) is 11.6 Å². The fourth-order valence-electron chi connectivity index (χ4n) is 3.34. The maximum atomic E-state index is 12.8. The maximum Gasteiger partial charge on any atom is 0.278 e. The van der Waals surface area contributed by atoms with Crippen LogP contribution in [-0.4, -0.2) is 25.9 Å². The second-order valence-electron chi connectivity index (χ2n) is 7.43. The van der Waals surface area contributed by atoms with Crippen LogP contribution in [0, 0.1) is 27.7 Å². The van der Waals surface area contributed by atoms with Gasteiger partial charge in [-0.15, -0.1) is 5.10 Å². The highest BCUT2D eigenvalue weighted by Crippen LogP contribution is 2.24. The molecule has 1 N–H and O–H groups in total. The molecule has 0 fully saturated rings. The van der Waals surface area contributed by atoms with Crippen molar-refractivity contribution in [3.05, 3.63) is 81.5 Å². The molecule has 31 heavy (non-hydrogen) atoms. The summed E-state index contributed by atoms with van der Waals surface area (Å²) in [6, 6.07) is 13.2. The van der Waals surface area contributed by atoms with Crippen molar-refractivity contribution in [2.45, 2.75) is 34.2 Å². The Hall–Kier alpha value is -3.45. The number of benzene rings is 2. The van der Waals surface area contributed by atoms with Gasteiger partial charge in [0.15, 0.2) is 5.69 Å². The zero-order valence-corrected chi connectivity index (χ0v) is 18.5. The highest BCUT2D eigenvalue weighted by Gasteiger charge is 2.20. The molecule has 7 nitrogen and oxygen atoms in total. The number of hydrogen-bond acceptors (Lipinski definition) is 5. The third kappa shape index (κ3) is 4.22. The molecule has 4 aromatic rings. The Bertz CT molecular complexity index is 1240. The van der Waals surface area contributed by atoms with Crippen molar-refractivity contribution in [3.8, 4) is 11.5 Å². The molecule has 0 spiro atoms. The van der Waals surface area contributed by atoms with Gasteiger partial charge in [-0.2, -0.15) is 0 Å². The number of aromatic nitrogens is 4. The number of anilines is 1. The van der Waals surface area contributed by atoms with Gasteiger partial charge in [-0.05, 0) is 63.1 Å². The summed E-state index contributed by atoms with van der Waals surface area (Å²) < 4.78 is 7.47. The first kappa shape index (κ1) is 20.8. The van der Waals surface area contributed by atoms with Gasteiger partial charge < -0.3 is 9.73 Å². The minimum Gasteiger partial charge on any atom is -0.441 e. The van der Waals surface area contributed by atoms with E-state index in [1.54, 1.807) is 16.8 Å². The number of halogens is 1. The summed E-state index contributed by atoms with van der Waals surface area (Å²) in [6.07, 6.45) is 0. The Balaban J connectivity index is 1.55. The summed E-state index contributed by atoms with van der Waals surface area (Å²) in [4.78, 5) is 17.4. The van der Waals surface area contributed by atoms with Crippen molar-refractivity contribution < 1.29 is 9.21 Å². The first-order chi connectivity index (χ1) is 14.8. The minimum absolute atomic E-state index is 0.279. The van der Waals surface area contributed by atoms with E-state index in [2.05, 4.69) is 20.6 Å². The molecule has 0 aliphatic heterocycles. The van der Waals surface area contributed by atoms with Gasteiger partial charge in [-0.25, -0.2) is 9.67 Å². The van der Waals surface area contributed by atoms with E-state index < -0.39 is 0 Å². The quantitative estimate of drug-likeness (QED) is 0.470. The molecule has 0 bridgehead atoms. The average molecular weight is 436 g/mol. The van der Waals surface area contributed by atoms with Crippen LogP contribution in [0.2, 0.25) is 5.02 Å². The molecule has 0 aliphatic carbocycles. The van der Waals surface area contributed by atoms with E-state index in [9.17, 15) is 4.79 Å². The molecular weight excluding hydrogens is 414 g/mol. The van der Waals surface area contributed by atoms with Crippen molar-refractivity contribution in [1.29, 1.82) is 0 Å². The van der Waals surface area contributed by atoms with Gasteiger partial charge in [0.1, 0.15) is 11.5 Å². The van der Waals surface area contributed by atoms with Crippen LogP contribution in [0.1, 0.15) is 38.8 Å².